The van der Waals surface area contributed by atoms with E-state index in [0.29, 0.717) is 23.6 Å². The van der Waals surface area contributed by atoms with Gasteiger partial charge in [0.15, 0.2) is 18.2 Å². The van der Waals surface area contributed by atoms with Crippen LogP contribution in [-0.4, -0.2) is 43.4 Å². The van der Waals surface area contributed by atoms with Crippen molar-refractivity contribution in [3.8, 4) is 11.5 Å². The Kier molecular flexibility index (Phi) is 6.39. The molecular formula is C24H21FN2O6. The first kappa shape index (κ1) is 22.1. The molecule has 4 rings (SSSR count). The number of furan rings is 1. The molecule has 2 heterocycles. The Labute approximate surface area is 189 Å². The second-order valence-electron chi connectivity index (χ2n) is 7.17. The van der Waals surface area contributed by atoms with Crippen molar-refractivity contribution < 1.29 is 32.6 Å². The number of halogens is 1. The molecule has 0 fully saturated rings. The van der Waals surface area contributed by atoms with Crippen molar-refractivity contribution in [1.29, 1.82) is 0 Å². The van der Waals surface area contributed by atoms with Crippen LogP contribution in [0.25, 0.3) is 0 Å². The lowest BCUT2D eigenvalue weighted by atomic mass is 10.0. The second-order valence-corrected chi connectivity index (χ2v) is 7.17. The molecule has 3 aromatic rings. The van der Waals surface area contributed by atoms with Crippen LogP contribution in [-0.2, 0) is 9.53 Å². The van der Waals surface area contributed by atoms with Crippen LogP contribution in [0, 0.1) is 5.82 Å². The highest BCUT2D eigenvalue weighted by molar-refractivity contribution is 6.03. The highest BCUT2D eigenvalue weighted by Crippen LogP contribution is 2.33. The largest absolute Gasteiger partial charge is 0.497 e. The van der Waals surface area contributed by atoms with Crippen LogP contribution in [0.4, 0.5) is 4.39 Å². The third-order valence-electron chi connectivity index (χ3n) is 5.17. The van der Waals surface area contributed by atoms with Gasteiger partial charge < -0.3 is 18.6 Å². The molecule has 1 unspecified atom stereocenters. The van der Waals surface area contributed by atoms with Crippen LogP contribution in [0.15, 0.2) is 70.4 Å². The monoisotopic (exact) mass is 452 g/mol. The van der Waals surface area contributed by atoms with E-state index < -0.39 is 30.3 Å². The van der Waals surface area contributed by atoms with E-state index in [2.05, 4.69) is 5.10 Å². The number of methoxy groups -OCH3 is 2. The van der Waals surface area contributed by atoms with Gasteiger partial charge in [0.2, 0.25) is 0 Å². The second kappa shape index (κ2) is 9.56. The average molecular weight is 452 g/mol. The summed E-state index contributed by atoms with van der Waals surface area (Å²) in [7, 11) is 2.90. The number of carbonyl (C=O) groups is 2. The number of amides is 1. The van der Waals surface area contributed by atoms with Gasteiger partial charge in [-0.3, -0.25) is 4.79 Å². The lowest BCUT2D eigenvalue weighted by Crippen LogP contribution is -2.31. The summed E-state index contributed by atoms with van der Waals surface area (Å²) in [4.78, 5) is 25.2. The third-order valence-corrected chi connectivity index (χ3v) is 5.17. The van der Waals surface area contributed by atoms with Crippen molar-refractivity contribution in [2.45, 2.75) is 12.5 Å². The molecular weight excluding hydrogens is 431 g/mol. The zero-order valence-corrected chi connectivity index (χ0v) is 18.0. The summed E-state index contributed by atoms with van der Waals surface area (Å²) in [5, 5.41) is 5.72. The minimum absolute atomic E-state index is 0.00128. The Morgan fingerprint density at radius 1 is 1.12 bits per heavy atom. The van der Waals surface area contributed by atoms with Crippen molar-refractivity contribution in [3.05, 3.63) is 83.6 Å². The Bertz CT molecular complexity index is 1170. The lowest BCUT2D eigenvalue weighted by Gasteiger charge is -2.19. The van der Waals surface area contributed by atoms with Crippen LogP contribution < -0.4 is 9.47 Å². The van der Waals surface area contributed by atoms with Crippen LogP contribution >= 0.6 is 0 Å². The number of carbonyl (C=O) groups excluding carboxylic acids is 2. The van der Waals surface area contributed by atoms with Gasteiger partial charge in [-0.1, -0.05) is 0 Å². The first-order valence-corrected chi connectivity index (χ1v) is 10.1. The molecule has 1 aliphatic heterocycles. The van der Waals surface area contributed by atoms with E-state index in [-0.39, 0.29) is 11.3 Å². The van der Waals surface area contributed by atoms with Gasteiger partial charge in [0.1, 0.15) is 17.6 Å². The Morgan fingerprint density at radius 3 is 2.55 bits per heavy atom. The van der Waals surface area contributed by atoms with E-state index >= 15 is 0 Å². The fourth-order valence-corrected chi connectivity index (χ4v) is 3.47. The van der Waals surface area contributed by atoms with E-state index in [0.717, 1.165) is 11.6 Å². The maximum absolute atomic E-state index is 13.9. The van der Waals surface area contributed by atoms with Crippen LogP contribution in [0.5, 0.6) is 11.5 Å². The smallest absolute Gasteiger partial charge is 0.338 e. The highest BCUT2D eigenvalue weighted by atomic mass is 19.1. The maximum atomic E-state index is 13.9. The van der Waals surface area contributed by atoms with E-state index in [4.69, 9.17) is 18.6 Å². The summed E-state index contributed by atoms with van der Waals surface area (Å²) < 4.78 is 34.5. The number of rotatable bonds is 7. The van der Waals surface area contributed by atoms with Crippen molar-refractivity contribution >= 4 is 17.6 Å². The van der Waals surface area contributed by atoms with Gasteiger partial charge in [0.05, 0.1) is 31.8 Å². The SMILES string of the molecule is COc1ccc(C2=NN(C(=O)COC(=O)c3ccc(OC)c(F)c3)C(c3ccco3)C2)cc1. The van der Waals surface area contributed by atoms with Crippen molar-refractivity contribution in [1.82, 2.24) is 5.01 Å². The van der Waals surface area contributed by atoms with Gasteiger partial charge in [0.25, 0.3) is 5.91 Å². The lowest BCUT2D eigenvalue weighted by molar-refractivity contribution is -0.136. The number of hydrazone groups is 1. The molecule has 170 valence electrons. The van der Waals surface area contributed by atoms with Gasteiger partial charge in [-0.2, -0.15) is 5.10 Å². The van der Waals surface area contributed by atoms with Crippen LogP contribution in [0.1, 0.15) is 34.1 Å². The van der Waals surface area contributed by atoms with Crippen LogP contribution in [0.2, 0.25) is 0 Å². The standard InChI is InChI=1S/C24H21FN2O6/c1-30-17-8-5-15(6-9-17)19-13-20(22-4-3-11-32-22)27(26-19)23(28)14-33-24(29)16-7-10-21(31-2)18(25)12-16/h3-12,20H,13-14H2,1-2H3. The Hall–Kier alpha value is -4.14. The van der Waals surface area contributed by atoms with Gasteiger partial charge in [-0.05, 0) is 60.2 Å². The molecule has 9 heteroatoms. The maximum Gasteiger partial charge on any atom is 0.338 e. The summed E-state index contributed by atoms with van der Waals surface area (Å²) in [6, 6.07) is 14.0. The number of nitrogens with zero attached hydrogens (tertiary/aromatic N) is 2. The quantitative estimate of drug-likeness (QED) is 0.504. The van der Waals surface area contributed by atoms with Gasteiger partial charge in [0, 0.05) is 6.42 Å². The first-order chi connectivity index (χ1) is 16.0. The van der Waals surface area contributed by atoms with Gasteiger partial charge in [-0.15, -0.1) is 0 Å². The number of hydrogen-bond donors (Lipinski definition) is 0. The molecule has 0 radical (unpaired) electrons. The molecule has 2 aromatic carbocycles. The van der Waals surface area contributed by atoms with Gasteiger partial charge >= 0.3 is 5.97 Å². The molecule has 0 N–H and O–H groups in total. The first-order valence-electron chi connectivity index (χ1n) is 10.1. The van der Waals surface area contributed by atoms with Crippen LogP contribution in [0.3, 0.4) is 0 Å². The van der Waals surface area contributed by atoms with Crippen molar-refractivity contribution in [2.75, 3.05) is 20.8 Å². The summed E-state index contributed by atoms with van der Waals surface area (Å²) >= 11 is 0. The number of esters is 1. The molecule has 1 amide bonds. The molecule has 1 atom stereocenters. The minimum Gasteiger partial charge on any atom is -0.497 e. The van der Waals surface area contributed by atoms with E-state index in [1.807, 2.05) is 12.1 Å². The zero-order chi connectivity index (χ0) is 23.4. The Balaban J connectivity index is 1.49. The van der Waals surface area contributed by atoms with Gasteiger partial charge in [-0.25, -0.2) is 14.2 Å². The highest BCUT2D eigenvalue weighted by Gasteiger charge is 2.35. The normalized spacial score (nSPS) is 15.2. The number of hydrogen-bond acceptors (Lipinski definition) is 7. The minimum atomic E-state index is -0.835. The van der Waals surface area contributed by atoms with Crippen molar-refractivity contribution in [3.63, 3.8) is 0 Å². The molecule has 8 nitrogen and oxygen atoms in total. The third kappa shape index (κ3) is 4.72. The van der Waals surface area contributed by atoms with Crippen molar-refractivity contribution in [2.24, 2.45) is 5.10 Å². The van der Waals surface area contributed by atoms with E-state index in [1.54, 1.807) is 31.4 Å². The fraction of sp³-hybridized carbons (Fsp3) is 0.208. The van der Waals surface area contributed by atoms with E-state index in [1.165, 1.54) is 30.5 Å². The summed E-state index contributed by atoms with van der Waals surface area (Å²) in [5.41, 5.74) is 1.47. The molecule has 1 aromatic heterocycles. The summed E-state index contributed by atoms with van der Waals surface area (Å²) in [6.07, 6.45) is 1.94. The predicted octanol–water partition coefficient (Wildman–Crippen LogP) is 3.97. The molecule has 33 heavy (non-hydrogen) atoms. The summed E-state index contributed by atoms with van der Waals surface area (Å²) in [5.74, 6) is -0.819. The number of benzene rings is 2. The van der Waals surface area contributed by atoms with E-state index in [9.17, 15) is 14.0 Å². The average Bonchev–Trinajstić information content (AvgIpc) is 3.52. The number of ether oxygens (including phenoxy) is 3. The molecule has 0 saturated carbocycles. The molecule has 0 saturated heterocycles. The molecule has 0 aliphatic carbocycles. The molecule has 0 spiro atoms. The predicted molar refractivity (Wildman–Crippen MR) is 116 cm³/mol. The molecule has 1 aliphatic rings. The fourth-order valence-electron chi connectivity index (χ4n) is 3.47. The zero-order valence-electron chi connectivity index (χ0n) is 18.0. The summed E-state index contributed by atoms with van der Waals surface area (Å²) in [6.45, 7) is -0.566. The topological polar surface area (TPSA) is 90.6 Å². The Morgan fingerprint density at radius 2 is 1.91 bits per heavy atom. The molecule has 0 bridgehead atoms.